The lowest BCUT2D eigenvalue weighted by Crippen LogP contribution is -2.36. The number of pyridine rings is 1. The van der Waals surface area contributed by atoms with Gasteiger partial charge >= 0.3 is 5.97 Å². The molecule has 2 N–H and O–H groups in total. The van der Waals surface area contributed by atoms with Gasteiger partial charge in [0, 0.05) is 36.3 Å². The van der Waals surface area contributed by atoms with Crippen LogP contribution in [0.2, 0.25) is 5.02 Å². The first-order chi connectivity index (χ1) is 16.5. The standard InChI is InChI=1S/C24H21ClN4O5/c25-18-13-19-22(27-20(18)14-1-5-16(6-2-14)29-9-11-33-12-10-29)28-24(26-19)34-17-7-3-15(4-8-17)21(30)23(31)32/h1-7,13,17H,8-12H2,(H,31,32)(H,26,27,28). The average Bonchev–Trinajstić information content (AvgIpc) is 3.25. The molecule has 34 heavy (non-hydrogen) atoms. The number of halogens is 1. The second-order valence-electron chi connectivity index (χ2n) is 7.92. The van der Waals surface area contributed by atoms with Crippen LogP contribution in [0.3, 0.4) is 0 Å². The van der Waals surface area contributed by atoms with E-state index in [2.05, 4.69) is 19.9 Å². The maximum atomic E-state index is 11.6. The SMILES string of the molecule is O=C(O)C(=O)C1=CCC(Oc2nc3nc(-c4ccc(N5CCOCC5)cc4)c(Cl)cc3[nH]2)C=C1. The van der Waals surface area contributed by atoms with Crippen molar-refractivity contribution in [2.75, 3.05) is 31.2 Å². The number of aliphatic carboxylic acids is 1. The third-order valence-electron chi connectivity index (χ3n) is 5.70. The number of imidazole rings is 1. The first kappa shape index (κ1) is 22.1. The lowest BCUT2D eigenvalue weighted by Gasteiger charge is -2.28. The summed E-state index contributed by atoms with van der Waals surface area (Å²) in [5.41, 5.74) is 3.86. The van der Waals surface area contributed by atoms with E-state index in [1.54, 1.807) is 12.1 Å². The third kappa shape index (κ3) is 4.52. The highest BCUT2D eigenvalue weighted by Crippen LogP contribution is 2.31. The number of carboxylic acids is 1. The molecule has 5 rings (SSSR count). The van der Waals surface area contributed by atoms with Gasteiger partial charge in [-0.3, -0.25) is 4.79 Å². The van der Waals surface area contributed by atoms with Crippen molar-refractivity contribution in [1.82, 2.24) is 15.0 Å². The Bertz CT molecular complexity index is 1310. The van der Waals surface area contributed by atoms with E-state index in [0.717, 1.165) is 37.6 Å². The predicted octanol–water partition coefficient (Wildman–Crippen LogP) is 3.40. The van der Waals surface area contributed by atoms with Crippen LogP contribution < -0.4 is 9.64 Å². The van der Waals surface area contributed by atoms with Gasteiger partial charge in [-0.15, -0.1) is 0 Å². The van der Waals surface area contributed by atoms with Crippen molar-refractivity contribution in [1.29, 1.82) is 0 Å². The lowest BCUT2D eigenvalue weighted by molar-refractivity contribution is -0.147. The molecule has 0 bridgehead atoms. The number of benzene rings is 1. The Morgan fingerprint density at radius 1 is 1.18 bits per heavy atom. The Morgan fingerprint density at radius 2 is 1.94 bits per heavy atom. The molecular formula is C24H21ClN4O5. The zero-order valence-electron chi connectivity index (χ0n) is 18.0. The number of H-pyrrole nitrogens is 1. The van der Waals surface area contributed by atoms with Crippen LogP contribution in [0.4, 0.5) is 5.69 Å². The summed E-state index contributed by atoms with van der Waals surface area (Å²) in [6, 6.07) is 10.1. The first-order valence-electron chi connectivity index (χ1n) is 10.8. The van der Waals surface area contributed by atoms with E-state index in [0.29, 0.717) is 28.3 Å². The minimum absolute atomic E-state index is 0.134. The van der Waals surface area contributed by atoms with E-state index < -0.39 is 17.9 Å². The van der Waals surface area contributed by atoms with Gasteiger partial charge in [0.05, 0.1) is 29.4 Å². The fourth-order valence-corrected chi connectivity index (χ4v) is 4.19. The summed E-state index contributed by atoms with van der Waals surface area (Å²) < 4.78 is 11.3. The van der Waals surface area contributed by atoms with Crippen molar-refractivity contribution in [2.24, 2.45) is 0 Å². The van der Waals surface area contributed by atoms with Crippen LogP contribution in [0.15, 0.2) is 54.1 Å². The molecule has 1 fully saturated rings. The van der Waals surface area contributed by atoms with Gasteiger partial charge in [0.2, 0.25) is 0 Å². The monoisotopic (exact) mass is 480 g/mol. The number of ketones is 1. The molecule has 1 aliphatic heterocycles. The van der Waals surface area contributed by atoms with E-state index in [-0.39, 0.29) is 11.6 Å². The quantitative estimate of drug-likeness (QED) is 0.515. The number of nitrogens with zero attached hydrogens (tertiary/aromatic N) is 3. The van der Waals surface area contributed by atoms with E-state index >= 15 is 0 Å². The van der Waals surface area contributed by atoms with Gasteiger partial charge in [-0.05, 0) is 24.3 Å². The lowest BCUT2D eigenvalue weighted by atomic mass is 10.0. The minimum Gasteiger partial charge on any atom is -0.475 e. The van der Waals surface area contributed by atoms with Gasteiger partial charge in [-0.25, -0.2) is 9.78 Å². The molecule has 2 aliphatic rings. The summed E-state index contributed by atoms with van der Waals surface area (Å²) in [5.74, 6) is -2.43. The fourth-order valence-electron chi connectivity index (χ4n) is 3.93. The highest BCUT2D eigenvalue weighted by atomic mass is 35.5. The van der Waals surface area contributed by atoms with Gasteiger partial charge in [0.25, 0.3) is 11.8 Å². The summed E-state index contributed by atoms with van der Waals surface area (Å²) in [4.78, 5) is 36.8. The number of hydrogen-bond acceptors (Lipinski definition) is 7. The van der Waals surface area contributed by atoms with Crippen molar-refractivity contribution in [2.45, 2.75) is 12.5 Å². The second-order valence-corrected chi connectivity index (χ2v) is 8.33. The Balaban J connectivity index is 1.32. The molecule has 174 valence electrons. The fraction of sp³-hybridized carbons (Fsp3) is 0.250. The summed E-state index contributed by atoms with van der Waals surface area (Å²) >= 11 is 6.52. The molecule has 3 aromatic rings. The zero-order chi connectivity index (χ0) is 23.7. The number of carboxylic acid groups (broad SMARTS) is 1. The number of aromatic nitrogens is 3. The molecule has 9 nitrogen and oxygen atoms in total. The van der Waals surface area contributed by atoms with Crippen LogP contribution in [0.25, 0.3) is 22.4 Å². The molecule has 2 aromatic heterocycles. The summed E-state index contributed by atoms with van der Waals surface area (Å²) in [7, 11) is 0. The van der Waals surface area contributed by atoms with Crippen molar-refractivity contribution in [3.8, 4) is 17.3 Å². The molecule has 1 unspecified atom stereocenters. The number of carbonyl (C=O) groups is 2. The molecule has 1 aliphatic carbocycles. The highest BCUT2D eigenvalue weighted by molar-refractivity contribution is 6.40. The van der Waals surface area contributed by atoms with E-state index in [9.17, 15) is 9.59 Å². The molecule has 1 saturated heterocycles. The molecule has 1 atom stereocenters. The number of hydrogen-bond donors (Lipinski definition) is 2. The van der Waals surface area contributed by atoms with Gasteiger partial charge in [-0.2, -0.15) is 4.98 Å². The van der Waals surface area contributed by atoms with Crippen molar-refractivity contribution >= 4 is 40.2 Å². The number of carbonyl (C=O) groups excluding carboxylic acids is 1. The number of Topliss-reactive ketones (excluding diaryl/α,β-unsaturated/α-hetero) is 1. The van der Waals surface area contributed by atoms with Crippen LogP contribution >= 0.6 is 11.6 Å². The van der Waals surface area contributed by atoms with Crippen LogP contribution in [0, 0.1) is 0 Å². The molecule has 10 heteroatoms. The van der Waals surface area contributed by atoms with Crippen molar-refractivity contribution in [3.63, 3.8) is 0 Å². The largest absolute Gasteiger partial charge is 0.475 e. The smallest absolute Gasteiger partial charge is 0.377 e. The summed E-state index contributed by atoms with van der Waals surface area (Å²) in [5, 5.41) is 9.31. The Morgan fingerprint density at radius 3 is 2.62 bits per heavy atom. The number of ether oxygens (including phenoxy) is 2. The Hall–Kier alpha value is -3.69. The molecule has 0 spiro atoms. The number of rotatable bonds is 6. The number of anilines is 1. The number of nitrogens with one attached hydrogen (secondary N) is 1. The number of aromatic amines is 1. The number of morpholine rings is 1. The van der Waals surface area contributed by atoms with Crippen LogP contribution in [-0.4, -0.2) is 64.2 Å². The third-order valence-corrected chi connectivity index (χ3v) is 5.99. The van der Waals surface area contributed by atoms with Crippen LogP contribution in [0.5, 0.6) is 6.01 Å². The van der Waals surface area contributed by atoms with Crippen LogP contribution in [-0.2, 0) is 14.3 Å². The molecule has 3 heterocycles. The molecule has 0 radical (unpaired) electrons. The summed E-state index contributed by atoms with van der Waals surface area (Å²) in [6.07, 6.45) is 4.56. The molecular weight excluding hydrogens is 460 g/mol. The maximum absolute atomic E-state index is 11.6. The van der Waals surface area contributed by atoms with Gasteiger partial charge in [-0.1, -0.05) is 35.9 Å². The normalized spacial score (nSPS) is 18.1. The van der Waals surface area contributed by atoms with Gasteiger partial charge in [0.1, 0.15) is 6.10 Å². The highest BCUT2D eigenvalue weighted by Gasteiger charge is 2.21. The number of fused-ring (bicyclic) bond motifs is 1. The van der Waals surface area contributed by atoms with Gasteiger partial charge in [0.15, 0.2) is 5.65 Å². The van der Waals surface area contributed by atoms with E-state index in [4.69, 9.17) is 26.2 Å². The van der Waals surface area contributed by atoms with E-state index in [1.165, 1.54) is 12.2 Å². The predicted molar refractivity (Wildman–Crippen MR) is 126 cm³/mol. The van der Waals surface area contributed by atoms with E-state index in [1.807, 2.05) is 24.3 Å². The second kappa shape index (κ2) is 9.28. The van der Waals surface area contributed by atoms with Crippen LogP contribution in [0.1, 0.15) is 6.42 Å². The molecule has 0 amide bonds. The van der Waals surface area contributed by atoms with Gasteiger partial charge < -0.3 is 24.5 Å². The topological polar surface area (TPSA) is 118 Å². The van der Waals surface area contributed by atoms with Crippen molar-refractivity contribution < 1.29 is 24.2 Å². The Labute approximate surface area is 199 Å². The first-order valence-corrected chi connectivity index (χ1v) is 11.2. The van der Waals surface area contributed by atoms with Crippen molar-refractivity contribution in [3.05, 3.63) is 59.2 Å². The molecule has 1 aromatic carbocycles. The summed E-state index contributed by atoms with van der Waals surface area (Å²) in [6.45, 7) is 3.18. The minimum atomic E-state index is -1.48. The zero-order valence-corrected chi connectivity index (χ0v) is 18.8. The average molecular weight is 481 g/mol. The number of allylic oxidation sites excluding steroid dienone is 1. The maximum Gasteiger partial charge on any atom is 0.377 e. The Kier molecular flexibility index (Phi) is 6.04. The molecule has 0 saturated carbocycles.